The number of nitrogen functional groups attached to an aromatic ring is 1. The van der Waals surface area contributed by atoms with Gasteiger partial charge in [-0.15, -0.1) is 0 Å². The Morgan fingerprint density at radius 3 is 2.92 bits per heavy atom. The lowest BCUT2D eigenvalue weighted by atomic mass is 9.93. The number of nitrogens with two attached hydrogens (primary N) is 2. The van der Waals surface area contributed by atoms with Crippen molar-refractivity contribution in [1.82, 2.24) is 4.98 Å². The first kappa shape index (κ1) is 16.7. The van der Waals surface area contributed by atoms with E-state index in [2.05, 4.69) is 11.1 Å². The van der Waals surface area contributed by atoms with E-state index in [1.165, 1.54) is 0 Å². The normalized spacial score (nSPS) is 16.4. The first-order valence-corrected chi connectivity index (χ1v) is 7.89. The van der Waals surface area contributed by atoms with Crippen LogP contribution in [0.2, 0.25) is 0 Å². The second-order valence-electron chi connectivity index (χ2n) is 5.78. The Hall–Kier alpha value is -3.11. The Labute approximate surface area is 145 Å². The number of ether oxygens (including phenoxy) is 2. The highest BCUT2D eigenvalue weighted by molar-refractivity contribution is 5.76. The van der Waals surface area contributed by atoms with E-state index in [1.807, 2.05) is 18.2 Å². The molecule has 0 unspecified atom stereocenters. The van der Waals surface area contributed by atoms with Crippen LogP contribution in [-0.2, 0) is 9.53 Å². The number of rotatable bonds is 5. The third kappa shape index (κ3) is 3.54. The molecule has 0 aliphatic carbocycles. The van der Waals surface area contributed by atoms with Crippen LogP contribution in [0.4, 0.5) is 5.82 Å². The van der Waals surface area contributed by atoms with Crippen molar-refractivity contribution in [3.63, 3.8) is 0 Å². The molecule has 0 bridgehead atoms. The number of para-hydroxylation sites is 1. The highest BCUT2D eigenvalue weighted by Gasteiger charge is 2.24. The molecule has 1 aromatic carbocycles. The number of carbonyl (C=O) groups is 1. The predicted octanol–water partition coefficient (Wildman–Crippen LogP) is 1.57. The van der Waals surface area contributed by atoms with E-state index in [4.69, 9.17) is 20.9 Å². The second-order valence-corrected chi connectivity index (χ2v) is 5.78. The third-order valence-electron chi connectivity index (χ3n) is 4.09. The smallest absolute Gasteiger partial charge is 0.255 e. The summed E-state index contributed by atoms with van der Waals surface area (Å²) >= 11 is 0. The van der Waals surface area contributed by atoms with E-state index >= 15 is 0 Å². The first-order valence-electron chi connectivity index (χ1n) is 7.89. The number of nitrogens with zero attached hydrogens (tertiary/aromatic N) is 2. The highest BCUT2D eigenvalue weighted by Crippen LogP contribution is 2.35. The fraction of sp³-hybridized carbons (Fsp3) is 0.278. The SMILES string of the molecule is N#Cc1c([C@H]2CCOC2)cc(-c2ccccc2OCC(N)=O)nc1N. The largest absolute Gasteiger partial charge is 0.483 e. The van der Waals surface area contributed by atoms with Crippen LogP contribution < -0.4 is 16.2 Å². The van der Waals surface area contributed by atoms with Gasteiger partial charge in [0, 0.05) is 18.1 Å². The number of primary amides is 1. The average molecular weight is 338 g/mol. The van der Waals surface area contributed by atoms with Crippen LogP contribution in [0.25, 0.3) is 11.3 Å². The Morgan fingerprint density at radius 2 is 2.24 bits per heavy atom. The summed E-state index contributed by atoms with van der Waals surface area (Å²) in [4.78, 5) is 15.4. The van der Waals surface area contributed by atoms with E-state index in [0.717, 1.165) is 12.0 Å². The summed E-state index contributed by atoms with van der Waals surface area (Å²) in [5.74, 6) is 0.196. The van der Waals surface area contributed by atoms with Crippen LogP contribution in [0, 0.1) is 11.3 Å². The molecule has 128 valence electrons. The molecule has 1 fully saturated rings. The summed E-state index contributed by atoms with van der Waals surface area (Å²) in [5.41, 5.74) is 13.6. The maximum absolute atomic E-state index is 11.0. The molecule has 25 heavy (non-hydrogen) atoms. The molecule has 1 aromatic heterocycles. The van der Waals surface area contributed by atoms with Crippen LogP contribution in [0.1, 0.15) is 23.5 Å². The number of hydrogen-bond acceptors (Lipinski definition) is 6. The number of aromatic nitrogens is 1. The number of nitriles is 1. The molecule has 2 heterocycles. The van der Waals surface area contributed by atoms with Crippen molar-refractivity contribution in [2.45, 2.75) is 12.3 Å². The quantitative estimate of drug-likeness (QED) is 0.852. The molecule has 0 saturated carbocycles. The van der Waals surface area contributed by atoms with Crippen LogP contribution >= 0.6 is 0 Å². The lowest BCUT2D eigenvalue weighted by Gasteiger charge is -2.15. The van der Waals surface area contributed by atoms with Crippen molar-refractivity contribution in [3.05, 3.63) is 41.5 Å². The van der Waals surface area contributed by atoms with Gasteiger partial charge in [-0.05, 0) is 30.2 Å². The van der Waals surface area contributed by atoms with Gasteiger partial charge < -0.3 is 20.9 Å². The summed E-state index contributed by atoms with van der Waals surface area (Å²) in [7, 11) is 0. The second kappa shape index (κ2) is 7.20. The van der Waals surface area contributed by atoms with Crippen LogP contribution in [0.15, 0.2) is 30.3 Å². The Kier molecular flexibility index (Phi) is 4.82. The first-order chi connectivity index (χ1) is 12.1. The molecule has 1 aliphatic rings. The van der Waals surface area contributed by atoms with Gasteiger partial charge in [0.1, 0.15) is 17.6 Å². The minimum atomic E-state index is -0.564. The Balaban J connectivity index is 2.06. The highest BCUT2D eigenvalue weighted by atomic mass is 16.5. The lowest BCUT2D eigenvalue weighted by Crippen LogP contribution is -2.20. The molecular formula is C18H18N4O3. The van der Waals surface area contributed by atoms with E-state index in [-0.39, 0.29) is 18.3 Å². The Bertz CT molecular complexity index is 839. The molecule has 0 spiro atoms. The number of hydrogen-bond donors (Lipinski definition) is 2. The van der Waals surface area contributed by atoms with Gasteiger partial charge in [-0.3, -0.25) is 4.79 Å². The van der Waals surface area contributed by atoms with Crippen molar-refractivity contribution in [1.29, 1.82) is 5.26 Å². The van der Waals surface area contributed by atoms with E-state index in [1.54, 1.807) is 12.1 Å². The van der Waals surface area contributed by atoms with E-state index < -0.39 is 5.91 Å². The topological polar surface area (TPSA) is 124 Å². The summed E-state index contributed by atoms with van der Waals surface area (Å²) in [6.45, 7) is 0.981. The molecule has 7 heteroatoms. The van der Waals surface area contributed by atoms with Crippen molar-refractivity contribution in [2.75, 3.05) is 25.6 Å². The molecule has 1 aliphatic heterocycles. The Morgan fingerprint density at radius 1 is 1.44 bits per heavy atom. The molecule has 1 amide bonds. The van der Waals surface area contributed by atoms with Crippen LogP contribution in [-0.4, -0.2) is 30.7 Å². The number of anilines is 1. The van der Waals surface area contributed by atoms with Gasteiger partial charge in [-0.2, -0.15) is 5.26 Å². The zero-order chi connectivity index (χ0) is 17.8. The molecule has 3 rings (SSSR count). The zero-order valence-corrected chi connectivity index (χ0v) is 13.6. The molecule has 0 radical (unpaired) electrons. The fourth-order valence-electron chi connectivity index (χ4n) is 2.90. The van der Waals surface area contributed by atoms with Gasteiger partial charge in [-0.1, -0.05) is 12.1 Å². The summed E-state index contributed by atoms with van der Waals surface area (Å²) in [6.07, 6.45) is 0.831. The molecule has 4 N–H and O–H groups in total. The number of pyridine rings is 1. The predicted molar refractivity (Wildman–Crippen MR) is 91.7 cm³/mol. The molecular weight excluding hydrogens is 320 g/mol. The molecule has 1 atom stereocenters. The van der Waals surface area contributed by atoms with Gasteiger partial charge in [-0.25, -0.2) is 4.98 Å². The minimum absolute atomic E-state index is 0.109. The molecule has 2 aromatic rings. The lowest BCUT2D eigenvalue weighted by molar-refractivity contribution is -0.119. The zero-order valence-electron chi connectivity index (χ0n) is 13.6. The third-order valence-corrected chi connectivity index (χ3v) is 4.09. The number of carbonyl (C=O) groups excluding carboxylic acids is 1. The van der Waals surface area contributed by atoms with E-state index in [9.17, 15) is 10.1 Å². The fourth-order valence-corrected chi connectivity index (χ4v) is 2.90. The van der Waals surface area contributed by atoms with E-state index in [0.29, 0.717) is 35.8 Å². The van der Waals surface area contributed by atoms with Gasteiger partial charge >= 0.3 is 0 Å². The molecule has 1 saturated heterocycles. The summed E-state index contributed by atoms with van der Waals surface area (Å²) in [5, 5.41) is 9.43. The van der Waals surface area contributed by atoms with Crippen molar-refractivity contribution in [2.24, 2.45) is 5.73 Å². The molecule has 7 nitrogen and oxygen atoms in total. The van der Waals surface area contributed by atoms with Crippen molar-refractivity contribution >= 4 is 11.7 Å². The maximum atomic E-state index is 11.0. The average Bonchev–Trinajstić information content (AvgIpc) is 3.14. The van der Waals surface area contributed by atoms with Gasteiger partial charge in [0.05, 0.1) is 17.9 Å². The number of amides is 1. The maximum Gasteiger partial charge on any atom is 0.255 e. The van der Waals surface area contributed by atoms with Crippen LogP contribution in [0.3, 0.4) is 0 Å². The van der Waals surface area contributed by atoms with Gasteiger partial charge in [0.15, 0.2) is 6.61 Å². The number of benzene rings is 1. The van der Waals surface area contributed by atoms with Gasteiger partial charge in [0.2, 0.25) is 0 Å². The summed E-state index contributed by atoms with van der Waals surface area (Å²) in [6, 6.07) is 11.2. The van der Waals surface area contributed by atoms with Crippen LogP contribution in [0.5, 0.6) is 5.75 Å². The van der Waals surface area contributed by atoms with Gasteiger partial charge in [0.25, 0.3) is 5.91 Å². The minimum Gasteiger partial charge on any atom is -0.483 e. The monoisotopic (exact) mass is 338 g/mol. The van der Waals surface area contributed by atoms with Crippen molar-refractivity contribution in [3.8, 4) is 23.1 Å². The summed E-state index contributed by atoms with van der Waals surface area (Å²) < 4.78 is 10.9. The van der Waals surface area contributed by atoms with Crippen molar-refractivity contribution < 1.29 is 14.3 Å². The standard InChI is InChI=1S/C18H18N4O3/c19-8-14-13(11-5-6-24-9-11)7-15(22-18(14)21)12-3-1-2-4-16(12)25-10-17(20)23/h1-4,7,11H,5-6,9-10H2,(H2,20,23)(H2,21,22)/t11-/m0/s1.